The average molecular weight is 445 g/mol. The van der Waals surface area contributed by atoms with E-state index >= 15 is 0 Å². The Morgan fingerprint density at radius 1 is 0.931 bits per heavy atom. The lowest BCUT2D eigenvalue weighted by atomic mass is 9.85. The molecule has 2 fully saturated rings. The highest BCUT2D eigenvalue weighted by Gasteiger charge is 2.46. The molecule has 0 aromatic heterocycles. The first-order chi connectivity index (χ1) is 13.6. The van der Waals surface area contributed by atoms with Crippen molar-refractivity contribution in [2.24, 2.45) is 5.92 Å². The Bertz CT molecular complexity index is 961. The Balaban J connectivity index is 1.70. The van der Waals surface area contributed by atoms with Crippen LogP contribution < -0.4 is 4.90 Å². The second kappa shape index (κ2) is 7.81. The van der Waals surface area contributed by atoms with E-state index in [0.29, 0.717) is 5.92 Å². The molecule has 3 unspecified atom stereocenters. The number of para-hydroxylation sites is 1. The van der Waals surface area contributed by atoms with Crippen molar-refractivity contribution in [2.75, 3.05) is 29.5 Å². The average Bonchev–Trinajstić information content (AvgIpc) is 3.44. The summed E-state index contributed by atoms with van der Waals surface area (Å²) in [6.07, 6.45) is 3.62. The predicted molar refractivity (Wildman–Crippen MR) is 110 cm³/mol. The fourth-order valence-electron chi connectivity index (χ4n) is 4.97. The summed E-state index contributed by atoms with van der Waals surface area (Å²) in [5, 5.41) is 0. The minimum atomic E-state index is -4.14. The molecule has 2 heterocycles. The zero-order chi connectivity index (χ0) is 20.8. The number of piperazine rings is 1. The number of anilines is 1. The summed E-state index contributed by atoms with van der Waals surface area (Å²) in [6.45, 7) is 1.61. The molecule has 1 aliphatic carbocycles. The zero-order valence-electron chi connectivity index (χ0n) is 16.2. The maximum absolute atomic E-state index is 11.5. The molecule has 2 aliphatic heterocycles. The molecular formula is C19H28N2O6S2. The molecule has 8 nitrogen and oxygen atoms in total. The number of nitrogens with zero attached hydrogens (tertiary/aromatic N) is 2. The first kappa shape index (κ1) is 21.0. The van der Waals surface area contributed by atoms with Crippen molar-refractivity contribution in [1.82, 2.24) is 4.90 Å². The Kier molecular flexibility index (Phi) is 5.67. The molecule has 0 radical (unpaired) electrons. The van der Waals surface area contributed by atoms with Gasteiger partial charge in [-0.2, -0.15) is 16.8 Å². The standard InChI is InChI=1S/C19H28N2O6S2/c22-28(23,24)9-7-18-19(8-10-29(25,26)27)21-13-16(20(18)12-14-5-6-14)11-15-3-1-2-4-17(15)21/h1-4,14,16,18-19H,5-13H2,(H,22,23,24)(H,25,26,27). The van der Waals surface area contributed by atoms with Crippen LogP contribution in [0.5, 0.6) is 0 Å². The molecule has 1 saturated carbocycles. The van der Waals surface area contributed by atoms with Gasteiger partial charge in [-0.05, 0) is 49.7 Å². The Labute approximate surface area is 172 Å². The second-order valence-electron chi connectivity index (χ2n) is 8.56. The van der Waals surface area contributed by atoms with Gasteiger partial charge in [-0.3, -0.25) is 14.0 Å². The molecule has 29 heavy (non-hydrogen) atoms. The highest BCUT2D eigenvalue weighted by Crippen LogP contribution is 2.41. The molecule has 1 aromatic rings. The normalized spacial score (nSPS) is 27.7. The summed E-state index contributed by atoms with van der Waals surface area (Å²) in [5.41, 5.74) is 2.25. The minimum Gasteiger partial charge on any atom is -0.365 e. The van der Waals surface area contributed by atoms with Crippen LogP contribution in [0.15, 0.2) is 24.3 Å². The molecule has 10 heteroatoms. The Morgan fingerprint density at radius 3 is 2.17 bits per heavy atom. The Morgan fingerprint density at radius 2 is 1.55 bits per heavy atom. The maximum atomic E-state index is 11.5. The van der Waals surface area contributed by atoms with E-state index in [9.17, 15) is 25.9 Å². The highest BCUT2D eigenvalue weighted by atomic mass is 32.2. The highest BCUT2D eigenvalue weighted by molar-refractivity contribution is 7.86. The molecule has 0 amide bonds. The van der Waals surface area contributed by atoms with E-state index in [-0.39, 0.29) is 42.5 Å². The van der Waals surface area contributed by atoms with Crippen LogP contribution in [0.1, 0.15) is 31.2 Å². The van der Waals surface area contributed by atoms with Crippen LogP contribution in [-0.2, 0) is 26.7 Å². The van der Waals surface area contributed by atoms with E-state index in [2.05, 4.69) is 15.9 Å². The largest absolute Gasteiger partial charge is 0.365 e. The number of rotatable bonds is 8. The van der Waals surface area contributed by atoms with Crippen molar-refractivity contribution in [3.8, 4) is 0 Å². The van der Waals surface area contributed by atoms with Gasteiger partial charge in [0.05, 0.1) is 11.5 Å². The van der Waals surface area contributed by atoms with Crippen molar-refractivity contribution in [3.05, 3.63) is 29.8 Å². The van der Waals surface area contributed by atoms with E-state index in [0.717, 1.165) is 38.0 Å². The van der Waals surface area contributed by atoms with Crippen LogP contribution in [0.2, 0.25) is 0 Å². The van der Waals surface area contributed by atoms with Gasteiger partial charge in [0.15, 0.2) is 0 Å². The van der Waals surface area contributed by atoms with Gasteiger partial charge in [0.2, 0.25) is 0 Å². The van der Waals surface area contributed by atoms with Crippen LogP contribution >= 0.6 is 0 Å². The Hall–Kier alpha value is -1.20. The number of hydrogen-bond acceptors (Lipinski definition) is 6. The molecule has 3 atom stereocenters. The van der Waals surface area contributed by atoms with E-state index in [1.807, 2.05) is 18.2 Å². The molecule has 2 bridgehead atoms. The van der Waals surface area contributed by atoms with E-state index in [1.165, 1.54) is 5.56 Å². The van der Waals surface area contributed by atoms with Crippen molar-refractivity contribution < 1.29 is 25.9 Å². The van der Waals surface area contributed by atoms with Gasteiger partial charge < -0.3 is 4.90 Å². The van der Waals surface area contributed by atoms with Crippen molar-refractivity contribution in [2.45, 2.75) is 50.2 Å². The van der Waals surface area contributed by atoms with Gasteiger partial charge in [0, 0.05) is 36.9 Å². The summed E-state index contributed by atoms with van der Waals surface area (Å²) >= 11 is 0. The van der Waals surface area contributed by atoms with Gasteiger partial charge in [0.1, 0.15) is 0 Å². The van der Waals surface area contributed by atoms with Crippen LogP contribution in [0, 0.1) is 5.92 Å². The summed E-state index contributed by atoms with van der Waals surface area (Å²) in [7, 11) is -8.26. The summed E-state index contributed by atoms with van der Waals surface area (Å²) in [6, 6.07) is 7.81. The van der Waals surface area contributed by atoms with E-state index in [1.54, 1.807) is 0 Å². The first-order valence-electron chi connectivity index (χ1n) is 10.1. The lowest BCUT2D eigenvalue weighted by Gasteiger charge is -2.56. The first-order valence-corrected chi connectivity index (χ1v) is 13.3. The topological polar surface area (TPSA) is 115 Å². The fourth-order valence-corrected chi connectivity index (χ4v) is 6.05. The summed E-state index contributed by atoms with van der Waals surface area (Å²) in [5.74, 6) is -0.140. The van der Waals surface area contributed by atoms with Crippen molar-refractivity contribution >= 4 is 25.9 Å². The van der Waals surface area contributed by atoms with Crippen molar-refractivity contribution in [3.63, 3.8) is 0 Å². The third kappa shape index (κ3) is 5.11. The lowest BCUT2D eigenvalue weighted by molar-refractivity contribution is 0.0666. The summed E-state index contributed by atoms with van der Waals surface area (Å²) in [4.78, 5) is 4.54. The molecule has 162 valence electrons. The van der Waals surface area contributed by atoms with Gasteiger partial charge in [-0.25, -0.2) is 0 Å². The third-order valence-corrected chi connectivity index (χ3v) is 7.92. The van der Waals surface area contributed by atoms with E-state index in [4.69, 9.17) is 0 Å². The monoisotopic (exact) mass is 444 g/mol. The lowest BCUT2D eigenvalue weighted by Crippen LogP contribution is -2.67. The number of benzene rings is 1. The predicted octanol–water partition coefficient (Wildman–Crippen LogP) is 1.44. The fraction of sp³-hybridized carbons (Fsp3) is 0.684. The second-order valence-corrected chi connectivity index (χ2v) is 11.7. The minimum absolute atomic E-state index is 0.202. The molecule has 4 rings (SSSR count). The quantitative estimate of drug-likeness (QED) is 0.579. The third-order valence-electron chi connectivity index (χ3n) is 6.41. The number of hydrogen-bond donors (Lipinski definition) is 2. The molecule has 2 N–H and O–H groups in total. The van der Waals surface area contributed by atoms with Crippen LogP contribution in [0.4, 0.5) is 5.69 Å². The van der Waals surface area contributed by atoms with Crippen LogP contribution in [-0.4, -0.2) is 73.6 Å². The zero-order valence-corrected chi connectivity index (χ0v) is 17.9. The van der Waals surface area contributed by atoms with Gasteiger partial charge in [-0.15, -0.1) is 0 Å². The van der Waals surface area contributed by atoms with Crippen LogP contribution in [0.3, 0.4) is 0 Å². The van der Waals surface area contributed by atoms with Gasteiger partial charge >= 0.3 is 0 Å². The van der Waals surface area contributed by atoms with Crippen molar-refractivity contribution in [1.29, 1.82) is 0 Å². The smallest absolute Gasteiger partial charge is 0.264 e. The van der Waals surface area contributed by atoms with Gasteiger partial charge in [-0.1, -0.05) is 18.2 Å². The van der Waals surface area contributed by atoms with E-state index < -0.39 is 20.2 Å². The SMILES string of the molecule is O=S(=O)(O)CCC1C(CCS(=O)(=O)O)N(CC2CC2)C2Cc3ccccc3N1C2. The summed E-state index contributed by atoms with van der Waals surface area (Å²) < 4.78 is 64.6. The maximum Gasteiger partial charge on any atom is 0.264 e. The molecule has 1 saturated heterocycles. The molecule has 0 spiro atoms. The number of fused-ring (bicyclic) bond motifs is 4. The van der Waals surface area contributed by atoms with Crippen LogP contribution in [0.25, 0.3) is 0 Å². The molecular weight excluding hydrogens is 416 g/mol. The molecule has 1 aromatic carbocycles. The van der Waals surface area contributed by atoms with Gasteiger partial charge in [0.25, 0.3) is 20.2 Å². The molecule has 3 aliphatic rings.